The van der Waals surface area contributed by atoms with Gasteiger partial charge >= 0.3 is 0 Å². The van der Waals surface area contributed by atoms with E-state index in [1.165, 1.54) is 19.3 Å². The van der Waals surface area contributed by atoms with Gasteiger partial charge in [-0.3, -0.25) is 4.79 Å². The van der Waals surface area contributed by atoms with Crippen LogP contribution in [-0.2, 0) is 11.3 Å². The van der Waals surface area contributed by atoms with Crippen molar-refractivity contribution in [1.82, 2.24) is 4.90 Å². The lowest BCUT2D eigenvalue weighted by Crippen LogP contribution is -2.44. The Kier molecular flexibility index (Phi) is 3.92. The van der Waals surface area contributed by atoms with E-state index in [-0.39, 0.29) is 5.41 Å². The zero-order valence-corrected chi connectivity index (χ0v) is 13.0. The highest BCUT2D eigenvalue weighted by atomic mass is 16.2. The van der Waals surface area contributed by atoms with Crippen molar-refractivity contribution in [3.05, 3.63) is 29.8 Å². The largest absolute Gasteiger partial charge is 0.399 e. The summed E-state index contributed by atoms with van der Waals surface area (Å²) >= 11 is 0. The van der Waals surface area contributed by atoms with E-state index in [1.54, 1.807) is 0 Å². The quantitative estimate of drug-likeness (QED) is 0.857. The Balaban J connectivity index is 1.76. The van der Waals surface area contributed by atoms with Crippen LogP contribution >= 0.6 is 0 Å². The van der Waals surface area contributed by atoms with Crippen LogP contribution in [0.3, 0.4) is 0 Å². The molecule has 2 fully saturated rings. The van der Waals surface area contributed by atoms with Crippen molar-refractivity contribution >= 4 is 11.6 Å². The highest BCUT2D eigenvalue weighted by Gasteiger charge is 2.42. The van der Waals surface area contributed by atoms with Crippen LogP contribution in [0.4, 0.5) is 5.69 Å². The van der Waals surface area contributed by atoms with Crippen LogP contribution in [0.15, 0.2) is 24.3 Å². The Morgan fingerprint density at radius 1 is 1.29 bits per heavy atom. The van der Waals surface area contributed by atoms with Crippen LogP contribution in [-0.4, -0.2) is 16.8 Å². The first kappa shape index (κ1) is 14.4. The molecule has 0 aromatic heterocycles. The third-order valence-corrected chi connectivity index (χ3v) is 5.03. The molecule has 0 radical (unpaired) electrons. The summed E-state index contributed by atoms with van der Waals surface area (Å²) in [6.07, 6.45) is 8.08. The summed E-state index contributed by atoms with van der Waals surface area (Å²) in [5.74, 6) is 0.368. The number of amides is 1. The first-order chi connectivity index (χ1) is 10.1. The Labute approximate surface area is 127 Å². The van der Waals surface area contributed by atoms with Gasteiger partial charge in [-0.2, -0.15) is 0 Å². The first-order valence-corrected chi connectivity index (χ1v) is 8.24. The Morgan fingerprint density at radius 3 is 2.62 bits per heavy atom. The van der Waals surface area contributed by atoms with Gasteiger partial charge in [0.25, 0.3) is 0 Å². The molecule has 0 atom stereocenters. The van der Waals surface area contributed by atoms with Gasteiger partial charge in [-0.05, 0) is 43.4 Å². The second-order valence-corrected chi connectivity index (χ2v) is 7.03. The number of carbonyl (C=O) groups excluding carboxylic acids is 1. The third kappa shape index (κ3) is 3.22. The SMILES string of the molecule is CC1(C(=O)N(Cc2cccc(N)c2)C2CC2)CCCCC1. The molecule has 0 heterocycles. The summed E-state index contributed by atoms with van der Waals surface area (Å²) < 4.78 is 0. The number of carbonyl (C=O) groups is 1. The Bertz CT molecular complexity index is 516. The van der Waals surface area contributed by atoms with E-state index in [9.17, 15) is 4.79 Å². The van der Waals surface area contributed by atoms with E-state index in [0.29, 0.717) is 18.5 Å². The molecule has 2 aliphatic rings. The smallest absolute Gasteiger partial charge is 0.229 e. The summed E-state index contributed by atoms with van der Waals surface area (Å²) in [7, 11) is 0. The molecule has 3 rings (SSSR count). The summed E-state index contributed by atoms with van der Waals surface area (Å²) in [4.78, 5) is 15.2. The van der Waals surface area contributed by atoms with E-state index in [2.05, 4.69) is 17.9 Å². The number of nitrogens with zero attached hydrogens (tertiary/aromatic N) is 1. The molecular weight excluding hydrogens is 260 g/mol. The van der Waals surface area contributed by atoms with Crippen LogP contribution in [0, 0.1) is 5.41 Å². The predicted molar refractivity (Wildman–Crippen MR) is 85.6 cm³/mol. The summed E-state index contributed by atoms with van der Waals surface area (Å²) in [6.45, 7) is 2.88. The van der Waals surface area contributed by atoms with Crippen molar-refractivity contribution < 1.29 is 4.79 Å². The lowest BCUT2D eigenvalue weighted by Gasteiger charge is -2.37. The second kappa shape index (κ2) is 5.70. The minimum atomic E-state index is -0.138. The van der Waals surface area contributed by atoms with E-state index in [1.807, 2.05) is 18.2 Å². The van der Waals surface area contributed by atoms with Gasteiger partial charge in [0, 0.05) is 23.7 Å². The van der Waals surface area contributed by atoms with E-state index in [4.69, 9.17) is 5.73 Å². The van der Waals surface area contributed by atoms with E-state index < -0.39 is 0 Å². The standard InChI is InChI=1S/C18H26N2O/c1-18(10-3-2-4-11-18)17(21)20(16-8-9-16)13-14-6-5-7-15(19)12-14/h5-7,12,16H,2-4,8-11,13,19H2,1H3. The number of benzene rings is 1. The monoisotopic (exact) mass is 286 g/mol. The minimum Gasteiger partial charge on any atom is -0.399 e. The number of nitrogens with two attached hydrogens (primary N) is 1. The van der Waals surface area contributed by atoms with Gasteiger partial charge < -0.3 is 10.6 Å². The van der Waals surface area contributed by atoms with Gasteiger partial charge in [0.05, 0.1) is 0 Å². The molecule has 2 N–H and O–H groups in total. The molecular formula is C18H26N2O. The summed E-state index contributed by atoms with van der Waals surface area (Å²) in [5, 5.41) is 0. The topological polar surface area (TPSA) is 46.3 Å². The molecule has 0 unspecified atom stereocenters. The molecule has 0 spiro atoms. The van der Waals surface area contributed by atoms with Crippen molar-refractivity contribution in [1.29, 1.82) is 0 Å². The molecule has 0 bridgehead atoms. The number of hydrogen-bond donors (Lipinski definition) is 1. The van der Waals surface area contributed by atoms with Crippen LogP contribution < -0.4 is 5.73 Å². The van der Waals surface area contributed by atoms with Crippen LogP contribution in [0.2, 0.25) is 0 Å². The van der Waals surface area contributed by atoms with E-state index >= 15 is 0 Å². The van der Waals surface area contributed by atoms with Crippen molar-refractivity contribution in [3.8, 4) is 0 Å². The van der Waals surface area contributed by atoms with Gasteiger partial charge in [0.2, 0.25) is 5.91 Å². The molecule has 21 heavy (non-hydrogen) atoms. The molecule has 0 saturated heterocycles. The molecule has 1 aromatic carbocycles. The number of hydrogen-bond acceptors (Lipinski definition) is 2. The molecule has 114 valence electrons. The zero-order chi connectivity index (χ0) is 14.9. The fourth-order valence-electron chi connectivity index (χ4n) is 3.53. The molecule has 1 amide bonds. The molecule has 0 aliphatic heterocycles. The summed E-state index contributed by atoms with van der Waals surface area (Å²) in [5.41, 5.74) is 7.65. The predicted octanol–water partition coefficient (Wildman–Crippen LogP) is 3.73. The zero-order valence-electron chi connectivity index (χ0n) is 13.0. The molecule has 2 aliphatic carbocycles. The van der Waals surface area contributed by atoms with E-state index in [0.717, 1.165) is 36.9 Å². The number of nitrogen functional groups attached to an aromatic ring is 1. The van der Waals surface area contributed by atoms with Gasteiger partial charge in [-0.25, -0.2) is 0 Å². The highest BCUT2D eigenvalue weighted by molar-refractivity contribution is 5.83. The molecule has 2 saturated carbocycles. The average molecular weight is 286 g/mol. The van der Waals surface area contributed by atoms with Crippen molar-refractivity contribution in [3.63, 3.8) is 0 Å². The van der Waals surface area contributed by atoms with Crippen LogP contribution in [0.1, 0.15) is 57.4 Å². The molecule has 1 aromatic rings. The molecule has 3 heteroatoms. The van der Waals surface area contributed by atoms with Crippen molar-refractivity contribution in [2.45, 2.75) is 64.5 Å². The fraction of sp³-hybridized carbons (Fsp3) is 0.611. The third-order valence-electron chi connectivity index (χ3n) is 5.03. The first-order valence-electron chi connectivity index (χ1n) is 8.24. The normalized spacial score (nSPS) is 21.0. The Hall–Kier alpha value is -1.51. The fourth-order valence-corrected chi connectivity index (χ4v) is 3.53. The lowest BCUT2D eigenvalue weighted by molar-refractivity contribution is -0.144. The van der Waals surface area contributed by atoms with Crippen LogP contribution in [0.25, 0.3) is 0 Å². The number of rotatable bonds is 4. The highest BCUT2D eigenvalue weighted by Crippen LogP contribution is 2.40. The van der Waals surface area contributed by atoms with Crippen molar-refractivity contribution in [2.24, 2.45) is 5.41 Å². The minimum absolute atomic E-state index is 0.138. The maximum absolute atomic E-state index is 13.1. The average Bonchev–Trinajstić information content (AvgIpc) is 3.29. The van der Waals surface area contributed by atoms with Gasteiger partial charge in [-0.15, -0.1) is 0 Å². The van der Waals surface area contributed by atoms with Gasteiger partial charge in [0.1, 0.15) is 0 Å². The van der Waals surface area contributed by atoms with Crippen molar-refractivity contribution in [2.75, 3.05) is 5.73 Å². The Morgan fingerprint density at radius 2 is 2.00 bits per heavy atom. The maximum Gasteiger partial charge on any atom is 0.229 e. The van der Waals surface area contributed by atoms with Crippen LogP contribution in [0.5, 0.6) is 0 Å². The number of anilines is 1. The lowest BCUT2D eigenvalue weighted by atomic mass is 9.74. The summed E-state index contributed by atoms with van der Waals surface area (Å²) in [6, 6.07) is 8.39. The van der Waals surface area contributed by atoms with Gasteiger partial charge in [-0.1, -0.05) is 38.3 Å². The van der Waals surface area contributed by atoms with Gasteiger partial charge in [0.15, 0.2) is 0 Å². The maximum atomic E-state index is 13.1. The second-order valence-electron chi connectivity index (χ2n) is 7.03. The molecule has 3 nitrogen and oxygen atoms in total.